The lowest BCUT2D eigenvalue weighted by atomic mass is 9.92. The first kappa shape index (κ1) is 14.7. The van der Waals surface area contributed by atoms with Gasteiger partial charge in [-0.3, -0.25) is 4.79 Å². The Balaban J connectivity index is 3.80. The number of carbonyl (C=O) groups excluding carboxylic acids is 1. The zero-order chi connectivity index (χ0) is 12.6. The Morgan fingerprint density at radius 3 is 2.56 bits per heavy atom. The summed E-state index contributed by atoms with van der Waals surface area (Å²) in [6.07, 6.45) is 3.06. The molecule has 2 atom stereocenters. The number of rotatable bonds is 8. The third-order valence-electron chi connectivity index (χ3n) is 2.55. The molecule has 4 nitrogen and oxygen atoms in total. The van der Waals surface area contributed by atoms with Gasteiger partial charge in [0.15, 0.2) is 0 Å². The largest absolute Gasteiger partial charge is 0.481 e. The van der Waals surface area contributed by atoms with Crippen molar-refractivity contribution in [3.05, 3.63) is 12.7 Å². The van der Waals surface area contributed by atoms with Crippen LogP contribution in [0.5, 0.6) is 0 Å². The smallest absolute Gasteiger partial charge is 0.330 e. The van der Waals surface area contributed by atoms with Crippen molar-refractivity contribution in [3.8, 4) is 0 Å². The van der Waals surface area contributed by atoms with Crippen molar-refractivity contribution in [2.45, 2.75) is 33.1 Å². The maximum Gasteiger partial charge on any atom is 0.330 e. The van der Waals surface area contributed by atoms with Crippen molar-refractivity contribution in [3.63, 3.8) is 0 Å². The van der Waals surface area contributed by atoms with Gasteiger partial charge in [-0.05, 0) is 25.2 Å². The van der Waals surface area contributed by atoms with E-state index in [1.807, 2.05) is 13.8 Å². The summed E-state index contributed by atoms with van der Waals surface area (Å²) >= 11 is 0. The van der Waals surface area contributed by atoms with Gasteiger partial charge in [-0.1, -0.05) is 20.4 Å². The second-order valence-electron chi connectivity index (χ2n) is 3.94. The first-order valence-corrected chi connectivity index (χ1v) is 5.53. The molecule has 92 valence electrons. The molecule has 0 rings (SSSR count). The van der Waals surface area contributed by atoms with Gasteiger partial charge in [0.1, 0.15) is 0 Å². The predicted octanol–water partition coefficient (Wildman–Crippen LogP) is 2.24. The van der Waals surface area contributed by atoms with E-state index in [1.54, 1.807) is 0 Å². The second-order valence-corrected chi connectivity index (χ2v) is 3.94. The molecule has 0 aliphatic heterocycles. The van der Waals surface area contributed by atoms with E-state index < -0.39 is 11.9 Å². The van der Waals surface area contributed by atoms with Crippen molar-refractivity contribution in [1.82, 2.24) is 0 Å². The molecule has 0 aromatic heterocycles. The molecule has 0 amide bonds. The quantitative estimate of drug-likeness (QED) is 0.511. The van der Waals surface area contributed by atoms with E-state index in [2.05, 4.69) is 6.58 Å². The number of carbonyl (C=O) groups is 2. The lowest BCUT2D eigenvalue weighted by Crippen LogP contribution is -2.17. The third kappa shape index (κ3) is 6.22. The van der Waals surface area contributed by atoms with Gasteiger partial charge < -0.3 is 9.84 Å². The molecule has 0 radical (unpaired) electrons. The van der Waals surface area contributed by atoms with E-state index >= 15 is 0 Å². The lowest BCUT2D eigenvalue weighted by Gasteiger charge is -2.15. The molecule has 0 saturated heterocycles. The maximum atomic E-state index is 10.8. The lowest BCUT2D eigenvalue weighted by molar-refractivity contribution is -0.143. The summed E-state index contributed by atoms with van der Waals surface area (Å²) < 4.78 is 4.83. The number of aliphatic carboxylic acids is 1. The van der Waals surface area contributed by atoms with E-state index in [4.69, 9.17) is 9.84 Å². The Kier molecular flexibility index (Phi) is 7.25. The fourth-order valence-electron chi connectivity index (χ4n) is 1.47. The molecule has 2 unspecified atom stereocenters. The molecule has 0 bridgehead atoms. The summed E-state index contributed by atoms with van der Waals surface area (Å²) in [7, 11) is 0. The van der Waals surface area contributed by atoms with Gasteiger partial charge in [0.25, 0.3) is 0 Å². The Labute approximate surface area is 96.3 Å². The van der Waals surface area contributed by atoms with Crippen LogP contribution in [-0.4, -0.2) is 23.7 Å². The minimum absolute atomic E-state index is 0.235. The van der Waals surface area contributed by atoms with Crippen LogP contribution in [0, 0.1) is 11.8 Å². The number of hydrogen-bond donors (Lipinski definition) is 1. The summed E-state index contributed by atoms with van der Waals surface area (Å²) in [5.74, 6) is -1.25. The van der Waals surface area contributed by atoms with Gasteiger partial charge in [0, 0.05) is 6.08 Å². The van der Waals surface area contributed by atoms with E-state index in [-0.39, 0.29) is 11.8 Å². The number of esters is 1. The molecule has 0 fully saturated rings. The zero-order valence-electron chi connectivity index (χ0n) is 9.94. The molecule has 0 aromatic rings. The summed E-state index contributed by atoms with van der Waals surface area (Å²) in [6.45, 7) is 7.44. The topological polar surface area (TPSA) is 63.6 Å². The Hall–Kier alpha value is -1.32. The Morgan fingerprint density at radius 1 is 1.50 bits per heavy atom. The molecule has 4 heteroatoms. The molecular weight excluding hydrogens is 208 g/mol. The highest BCUT2D eigenvalue weighted by Crippen LogP contribution is 2.18. The van der Waals surface area contributed by atoms with Gasteiger partial charge in [0.2, 0.25) is 0 Å². The van der Waals surface area contributed by atoms with E-state index in [0.29, 0.717) is 25.9 Å². The summed E-state index contributed by atoms with van der Waals surface area (Å²) in [5, 5.41) is 8.88. The standard InChI is InChI=1S/C12H20O4/c1-4-10(12(14)15)8-9(3)6-7-16-11(13)5-2/h5,9-10H,2,4,6-8H2,1,3H3,(H,14,15). The van der Waals surface area contributed by atoms with Crippen LogP contribution in [0.2, 0.25) is 0 Å². The molecule has 0 aliphatic carbocycles. The van der Waals surface area contributed by atoms with Gasteiger partial charge >= 0.3 is 11.9 Å². The summed E-state index contributed by atoms with van der Waals surface area (Å²) in [5.41, 5.74) is 0. The van der Waals surface area contributed by atoms with Crippen LogP contribution in [0.1, 0.15) is 33.1 Å². The predicted molar refractivity (Wildman–Crippen MR) is 61.0 cm³/mol. The van der Waals surface area contributed by atoms with Crippen LogP contribution in [-0.2, 0) is 14.3 Å². The molecule has 16 heavy (non-hydrogen) atoms. The highest BCUT2D eigenvalue weighted by Gasteiger charge is 2.18. The van der Waals surface area contributed by atoms with Crippen molar-refractivity contribution in [1.29, 1.82) is 0 Å². The van der Waals surface area contributed by atoms with Crippen LogP contribution in [0.25, 0.3) is 0 Å². The van der Waals surface area contributed by atoms with E-state index in [9.17, 15) is 9.59 Å². The van der Waals surface area contributed by atoms with Crippen molar-refractivity contribution < 1.29 is 19.4 Å². The molecule has 0 spiro atoms. The summed E-state index contributed by atoms with van der Waals surface area (Å²) in [6, 6.07) is 0. The third-order valence-corrected chi connectivity index (χ3v) is 2.55. The molecule has 0 heterocycles. The molecule has 0 aliphatic rings. The van der Waals surface area contributed by atoms with Gasteiger partial charge in [-0.25, -0.2) is 4.79 Å². The van der Waals surface area contributed by atoms with Crippen LogP contribution >= 0.6 is 0 Å². The van der Waals surface area contributed by atoms with Gasteiger partial charge in [0.05, 0.1) is 12.5 Å². The van der Waals surface area contributed by atoms with Crippen LogP contribution in [0.15, 0.2) is 12.7 Å². The fraction of sp³-hybridized carbons (Fsp3) is 0.667. The number of carboxylic acid groups (broad SMARTS) is 1. The van der Waals surface area contributed by atoms with Gasteiger partial charge in [-0.2, -0.15) is 0 Å². The van der Waals surface area contributed by atoms with Crippen molar-refractivity contribution in [2.24, 2.45) is 11.8 Å². The first-order valence-electron chi connectivity index (χ1n) is 5.53. The monoisotopic (exact) mass is 228 g/mol. The number of carboxylic acids is 1. The minimum atomic E-state index is -0.752. The first-order chi connectivity index (χ1) is 7.51. The molecule has 0 aromatic carbocycles. The molecule has 0 saturated carbocycles. The normalized spacial score (nSPS) is 13.9. The van der Waals surface area contributed by atoms with E-state index in [0.717, 1.165) is 6.08 Å². The number of ether oxygens (including phenoxy) is 1. The highest BCUT2D eigenvalue weighted by molar-refractivity contribution is 5.81. The second kappa shape index (κ2) is 7.91. The average Bonchev–Trinajstić information content (AvgIpc) is 2.25. The van der Waals surface area contributed by atoms with Crippen LogP contribution in [0.4, 0.5) is 0 Å². The van der Waals surface area contributed by atoms with E-state index in [1.165, 1.54) is 0 Å². The molecular formula is C12H20O4. The Bertz CT molecular complexity index is 247. The summed E-state index contributed by atoms with van der Waals surface area (Å²) in [4.78, 5) is 21.5. The zero-order valence-corrected chi connectivity index (χ0v) is 9.94. The van der Waals surface area contributed by atoms with Crippen molar-refractivity contribution >= 4 is 11.9 Å². The minimum Gasteiger partial charge on any atom is -0.481 e. The molecule has 1 N–H and O–H groups in total. The average molecular weight is 228 g/mol. The number of hydrogen-bond acceptors (Lipinski definition) is 3. The van der Waals surface area contributed by atoms with Crippen LogP contribution in [0.3, 0.4) is 0 Å². The fourth-order valence-corrected chi connectivity index (χ4v) is 1.47. The SMILES string of the molecule is C=CC(=O)OCCC(C)CC(CC)C(=O)O. The highest BCUT2D eigenvalue weighted by atomic mass is 16.5. The van der Waals surface area contributed by atoms with Gasteiger partial charge in [-0.15, -0.1) is 0 Å². The van der Waals surface area contributed by atoms with Crippen molar-refractivity contribution in [2.75, 3.05) is 6.61 Å². The Morgan fingerprint density at radius 2 is 2.12 bits per heavy atom. The maximum absolute atomic E-state index is 10.8. The van der Waals surface area contributed by atoms with Crippen LogP contribution < -0.4 is 0 Å².